The lowest BCUT2D eigenvalue weighted by atomic mass is 9.99. The average Bonchev–Trinajstić information content (AvgIpc) is 2.51. The van der Waals surface area contributed by atoms with Crippen LogP contribution < -0.4 is 5.73 Å². The van der Waals surface area contributed by atoms with Crippen molar-refractivity contribution in [1.82, 2.24) is 4.90 Å². The number of hydrogen-bond donors (Lipinski definition) is 1. The molecule has 0 fully saturated rings. The van der Waals surface area contributed by atoms with Crippen molar-refractivity contribution in [1.29, 1.82) is 0 Å². The Morgan fingerprint density at radius 1 is 1.40 bits per heavy atom. The van der Waals surface area contributed by atoms with Crippen LogP contribution in [0.1, 0.15) is 31.8 Å². The Balaban J connectivity index is 2.58. The van der Waals surface area contributed by atoms with Crippen LogP contribution in [0.25, 0.3) is 0 Å². The van der Waals surface area contributed by atoms with Crippen molar-refractivity contribution < 1.29 is 4.42 Å². The summed E-state index contributed by atoms with van der Waals surface area (Å²) in [6.45, 7) is 7.93. The summed E-state index contributed by atoms with van der Waals surface area (Å²) in [6.07, 6.45) is 0.989. The molecule has 0 aliphatic heterocycles. The van der Waals surface area contributed by atoms with Crippen molar-refractivity contribution in [2.75, 3.05) is 13.6 Å². The van der Waals surface area contributed by atoms with Crippen molar-refractivity contribution in [3.8, 4) is 0 Å². The molecule has 0 unspecified atom stereocenters. The monoisotopic (exact) mass is 210 g/mol. The van der Waals surface area contributed by atoms with E-state index >= 15 is 0 Å². The summed E-state index contributed by atoms with van der Waals surface area (Å²) in [7, 11) is 2.10. The minimum absolute atomic E-state index is 0.120. The molecule has 0 aromatic carbocycles. The van der Waals surface area contributed by atoms with Gasteiger partial charge in [-0.05, 0) is 52.9 Å². The van der Waals surface area contributed by atoms with Gasteiger partial charge in [-0.1, -0.05) is 0 Å². The van der Waals surface area contributed by atoms with Crippen molar-refractivity contribution >= 4 is 0 Å². The molecular weight excluding hydrogens is 188 g/mol. The molecule has 0 saturated carbocycles. The number of nitrogens with zero attached hydrogens (tertiary/aromatic N) is 1. The Labute approximate surface area is 92.2 Å². The molecule has 86 valence electrons. The van der Waals surface area contributed by atoms with Crippen LogP contribution in [0.15, 0.2) is 16.5 Å². The third-order valence-electron chi connectivity index (χ3n) is 2.98. The van der Waals surface area contributed by atoms with Crippen LogP contribution in [0.3, 0.4) is 0 Å². The third-order valence-corrected chi connectivity index (χ3v) is 2.98. The summed E-state index contributed by atoms with van der Waals surface area (Å²) in [5.74, 6) is 1.98. The highest BCUT2D eigenvalue weighted by molar-refractivity contribution is 5.05. The first-order chi connectivity index (χ1) is 6.95. The van der Waals surface area contributed by atoms with Gasteiger partial charge in [0.15, 0.2) is 0 Å². The predicted molar refractivity (Wildman–Crippen MR) is 62.7 cm³/mol. The van der Waals surface area contributed by atoms with Gasteiger partial charge in [-0.2, -0.15) is 0 Å². The number of rotatable bonds is 5. The molecule has 0 bridgehead atoms. The van der Waals surface area contributed by atoms with Crippen molar-refractivity contribution in [3.63, 3.8) is 0 Å². The maximum Gasteiger partial charge on any atom is 0.118 e. The highest BCUT2D eigenvalue weighted by atomic mass is 16.3. The zero-order valence-corrected chi connectivity index (χ0v) is 10.2. The van der Waals surface area contributed by atoms with E-state index in [1.165, 1.54) is 0 Å². The van der Waals surface area contributed by atoms with Gasteiger partial charge < -0.3 is 10.2 Å². The lowest BCUT2D eigenvalue weighted by molar-refractivity contribution is 0.129. The Hall–Kier alpha value is -0.800. The first kappa shape index (κ1) is 12.3. The summed E-state index contributed by atoms with van der Waals surface area (Å²) < 4.78 is 5.55. The summed E-state index contributed by atoms with van der Waals surface area (Å²) in [5.41, 5.74) is 5.72. The molecule has 0 atom stereocenters. The smallest absolute Gasteiger partial charge is 0.118 e. The lowest BCUT2D eigenvalue weighted by Gasteiger charge is -2.34. The second-order valence-electron chi connectivity index (χ2n) is 4.72. The molecule has 15 heavy (non-hydrogen) atoms. The number of nitrogens with two attached hydrogens (primary N) is 1. The van der Waals surface area contributed by atoms with Gasteiger partial charge >= 0.3 is 0 Å². The second kappa shape index (κ2) is 4.81. The van der Waals surface area contributed by atoms with Crippen molar-refractivity contribution in [3.05, 3.63) is 23.7 Å². The normalized spacial score (nSPS) is 12.4. The molecule has 2 N–H and O–H groups in total. The fourth-order valence-electron chi connectivity index (χ4n) is 1.56. The molecular formula is C12H22N2O. The van der Waals surface area contributed by atoms with E-state index in [1.54, 1.807) is 0 Å². The second-order valence-corrected chi connectivity index (χ2v) is 4.72. The Morgan fingerprint density at radius 2 is 2.07 bits per heavy atom. The average molecular weight is 210 g/mol. The zero-order chi connectivity index (χ0) is 11.5. The van der Waals surface area contributed by atoms with E-state index < -0.39 is 0 Å². The maximum atomic E-state index is 5.60. The van der Waals surface area contributed by atoms with Crippen molar-refractivity contribution in [2.45, 2.75) is 39.3 Å². The molecule has 3 heteroatoms. The van der Waals surface area contributed by atoms with Crippen LogP contribution in [0.5, 0.6) is 0 Å². The van der Waals surface area contributed by atoms with E-state index in [9.17, 15) is 0 Å². The number of hydrogen-bond acceptors (Lipinski definition) is 3. The van der Waals surface area contributed by atoms with Crippen LogP contribution in [0, 0.1) is 6.92 Å². The summed E-state index contributed by atoms with van der Waals surface area (Å²) in [5, 5.41) is 0. The van der Waals surface area contributed by atoms with Gasteiger partial charge in [0.1, 0.15) is 11.5 Å². The van der Waals surface area contributed by atoms with E-state index in [1.807, 2.05) is 19.1 Å². The van der Waals surface area contributed by atoms with Gasteiger partial charge in [-0.3, -0.25) is 4.90 Å². The summed E-state index contributed by atoms with van der Waals surface area (Å²) in [6, 6.07) is 4.03. The van der Waals surface area contributed by atoms with E-state index in [2.05, 4.69) is 25.8 Å². The molecule has 3 nitrogen and oxygen atoms in total. The molecule has 1 rings (SSSR count). The summed E-state index contributed by atoms with van der Waals surface area (Å²) >= 11 is 0. The highest BCUT2D eigenvalue weighted by Gasteiger charge is 2.23. The SMILES string of the molecule is Cc1ccc(CN(C)C(C)(C)CCN)o1. The van der Waals surface area contributed by atoms with Gasteiger partial charge in [-0.25, -0.2) is 0 Å². The van der Waals surface area contributed by atoms with Gasteiger partial charge in [0.2, 0.25) is 0 Å². The molecule has 0 amide bonds. The number of aryl methyl sites for hydroxylation is 1. The van der Waals surface area contributed by atoms with Gasteiger partial charge in [0.05, 0.1) is 6.54 Å². The van der Waals surface area contributed by atoms with Crippen LogP contribution >= 0.6 is 0 Å². The van der Waals surface area contributed by atoms with Gasteiger partial charge in [-0.15, -0.1) is 0 Å². The van der Waals surface area contributed by atoms with Crippen LogP contribution in [-0.2, 0) is 6.54 Å². The van der Waals surface area contributed by atoms with Gasteiger partial charge in [0.25, 0.3) is 0 Å². The van der Waals surface area contributed by atoms with E-state index in [0.29, 0.717) is 6.54 Å². The first-order valence-electron chi connectivity index (χ1n) is 5.42. The largest absolute Gasteiger partial charge is 0.465 e. The van der Waals surface area contributed by atoms with Crippen LogP contribution in [0.2, 0.25) is 0 Å². The van der Waals surface area contributed by atoms with Crippen LogP contribution in [0.4, 0.5) is 0 Å². The van der Waals surface area contributed by atoms with E-state index in [0.717, 1.165) is 24.5 Å². The topological polar surface area (TPSA) is 42.4 Å². The fourth-order valence-corrected chi connectivity index (χ4v) is 1.56. The maximum absolute atomic E-state index is 5.60. The van der Waals surface area contributed by atoms with Crippen LogP contribution in [-0.4, -0.2) is 24.0 Å². The number of furan rings is 1. The third kappa shape index (κ3) is 3.36. The molecule has 1 aromatic heterocycles. The highest BCUT2D eigenvalue weighted by Crippen LogP contribution is 2.19. The molecule has 0 saturated heterocycles. The predicted octanol–water partition coefficient (Wildman–Crippen LogP) is 2.15. The minimum Gasteiger partial charge on any atom is -0.465 e. The Morgan fingerprint density at radius 3 is 2.53 bits per heavy atom. The van der Waals surface area contributed by atoms with E-state index in [-0.39, 0.29) is 5.54 Å². The quantitative estimate of drug-likeness (QED) is 0.809. The molecule has 0 radical (unpaired) electrons. The standard InChI is InChI=1S/C12H22N2O/c1-10-5-6-11(15-10)9-14(4)12(2,3)7-8-13/h5-6H,7-9,13H2,1-4H3. The summed E-state index contributed by atoms with van der Waals surface area (Å²) in [4.78, 5) is 2.28. The zero-order valence-electron chi connectivity index (χ0n) is 10.2. The molecule has 0 aliphatic rings. The molecule has 1 heterocycles. The van der Waals surface area contributed by atoms with Gasteiger partial charge in [0, 0.05) is 5.54 Å². The first-order valence-corrected chi connectivity index (χ1v) is 5.42. The minimum atomic E-state index is 0.120. The molecule has 1 aromatic rings. The molecule has 0 spiro atoms. The van der Waals surface area contributed by atoms with Crippen molar-refractivity contribution in [2.24, 2.45) is 5.73 Å². The molecule has 0 aliphatic carbocycles. The fraction of sp³-hybridized carbons (Fsp3) is 0.667. The Kier molecular flexibility index (Phi) is 3.94. The lowest BCUT2D eigenvalue weighted by Crippen LogP contribution is -2.42. The van der Waals surface area contributed by atoms with E-state index in [4.69, 9.17) is 10.2 Å². The Bertz CT molecular complexity index is 304.